The highest BCUT2D eigenvalue weighted by Gasteiger charge is 2.33. The number of ether oxygens (including phenoxy) is 2. The molecule has 1 atom stereocenters. The zero-order chi connectivity index (χ0) is 31.7. The lowest BCUT2D eigenvalue weighted by Gasteiger charge is -2.25. The van der Waals surface area contributed by atoms with E-state index in [1.807, 2.05) is 36.4 Å². The normalized spacial score (nSPS) is 14.5. The molecule has 0 radical (unpaired) electrons. The van der Waals surface area contributed by atoms with E-state index in [0.29, 0.717) is 54.7 Å². The van der Waals surface area contributed by atoms with E-state index < -0.39 is 12.0 Å². The van der Waals surface area contributed by atoms with E-state index in [1.165, 1.54) is 23.0 Å². The summed E-state index contributed by atoms with van der Waals surface area (Å²) in [6.07, 6.45) is 1.64. The van der Waals surface area contributed by atoms with Gasteiger partial charge in [-0.1, -0.05) is 53.3 Å². The van der Waals surface area contributed by atoms with Crippen molar-refractivity contribution in [2.75, 3.05) is 19.5 Å². The molecule has 1 amide bonds. The molecular formula is C34H26ClN3O6S. The van der Waals surface area contributed by atoms with E-state index in [2.05, 4.69) is 10.3 Å². The van der Waals surface area contributed by atoms with Crippen LogP contribution in [-0.4, -0.2) is 30.7 Å². The van der Waals surface area contributed by atoms with Crippen LogP contribution in [0.15, 0.2) is 110 Å². The number of hydrogen-bond acceptors (Lipinski definition) is 8. The largest absolute Gasteiger partial charge is 0.497 e. The van der Waals surface area contributed by atoms with Crippen LogP contribution in [0.5, 0.6) is 5.75 Å². The van der Waals surface area contributed by atoms with Gasteiger partial charge in [0.15, 0.2) is 4.80 Å². The van der Waals surface area contributed by atoms with Crippen LogP contribution in [-0.2, 0) is 9.53 Å². The highest BCUT2D eigenvalue weighted by atomic mass is 35.5. The van der Waals surface area contributed by atoms with Gasteiger partial charge in [-0.3, -0.25) is 14.2 Å². The molecular weight excluding hydrogens is 614 g/mol. The number of halogens is 1. The van der Waals surface area contributed by atoms with Crippen molar-refractivity contribution in [3.63, 3.8) is 0 Å². The van der Waals surface area contributed by atoms with Crippen LogP contribution in [0.3, 0.4) is 0 Å². The summed E-state index contributed by atoms with van der Waals surface area (Å²) >= 11 is 7.37. The summed E-state index contributed by atoms with van der Waals surface area (Å²) < 4.78 is 18.2. The number of carbonyl (C=O) groups excluding carboxylic acids is 2. The molecule has 5 aromatic rings. The molecule has 226 valence electrons. The number of nitrogens with zero attached hydrogens (tertiary/aromatic N) is 2. The minimum atomic E-state index is -0.764. The number of aromatic nitrogens is 1. The van der Waals surface area contributed by atoms with Crippen molar-refractivity contribution in [2.45, 2.75) is 13.0 Å². The number of amides is 1. The number of methoxy groups -OCH3 is 2. The Morgan fingerprint density at radius 2 is 1.82 bits per heavy atom. The Morgan fingerprint density at radius 1 is 1.02 bits per heavy atom. The Labute approximate surface area is 266 Å². The Balaban J connectivity index is 1.43. The highest BCUT2D eigenvalue weighted by Crippen LogP contribution is 2.33. The maximum Gasteiger partial charge on any atom is 0.339 e. The van der Waals surface area contributed by atoms with Gasteiger partial charge in [0, 0.05) is 17.3 Å². The predicted molar refractivity (Wildman–Crippen MR) is 172 cm³/mol. The van der Waals surface area contributed by atoms with Crippen LogP contribution in [0, 0.1) is 0 Å². The molecule has 0 saturated carbocycles. The summed E-state index contributed by atoms with van der Waals surface area (Å²) in [7, 11) is 2.85. The van der Waals surface area contributed by atoms with Crippen molar-refractivity contribution in [3.8, 4) is 17.1 Å². The molecule has 0 unspecified atom stereocenters. The van der Waals surface area contributed by atoms with Crippen molar-refractivity contribution in [1.29, 1.82) is 0 Å². The van der Waals surface area contributed by atoms with Gasteiger partial charge in [0.2, 0.25) is 0 Å². The fourth-order valence-corrected chi connectivity index (χ4v) is 6.34. The molecule has 3 heterocycles. The number of nitrogens with one attached hydrogen (secondary N) is 1. The standard InChI is InChI=1S/C34H26ClN3O6S/c1-19-29(31(39)37-22-9-5-4-6-10-22)30(21-8-7-11-23(16-21)42-2)38-32(40)28(45-34(38)36-19)18-24-13-15-27(44-24)20-12-14-26(35)25(17-20)33(41)43-3/h4-18,30H,1-3H3,(H,37,39)/b28-18-/t30-/m1/s1. The lowest BCUT2D eigenvalue weighted by atomic mass is 9.95. The third kappa shape index (κ3) is 5.85. The number of rotatable bonds is 7. The Morgan fingerprint density at radius 3 is 2.58 bits per heavy atom. The summed E-state index contributed by atoms with van der Waals surface area (Å²) in [5.74, 6) is 0.552. The van der Waals surface area contributed by atoms with E-state index in [4.69, 9.17) is 25.5 Å². The van der Waals surface area contributed by atoms with Crippen LogP contribution in [0.2, 0.25) is 5.02 Å². The number of allylic oxidation sites excluding steroid dienone is 1. The first kappa shape index (κ1) is 29.9. The highest BCUT2D eigenvalue weighted by molar-refractivity contribution is 7.07. The molecule has 2 aromatic heterocycles. The second kappa shape index (κ2) is 12.4. The van der Waals surface area contributed by atoms with E-state index in [9.17, 15) is 14.4 Å². The average Bonchev–Trinajstić information content (AvgIpc) is 3.64. The van der Waals surface area contributed by atoms with Crippen molar-refractivity contribution >= 4 is 46.6 Å². The Kier molecular flexibility index (Phi) is 8.25. The van der Waals surface area contributed by atoms with Crippen molar-refractivity contribution in [3.05, 3.63) is 138 Å². The SMILES string of the molecule is COC(=O)c1cc(-c2ccc(/C=c3\sc4n(c3=O)[C@H](c3cccc(OC)c3)C(C(=O)Nc3ccccc3)=C(C)N=4)o2)ccc1Cl. The van der Waals surface area contributed by atoms with Gasteiger partial charge < -0.3 is 19.2 Å². The van der Waals surface area contributed by atoms with Crippen LogP contribution >= 0.6 is 22.9 Å². The molecule has 9 nitrogen and oxygen atoms in total. The smallest absolute Gasteiger partial charge is 0.339 e. The van der Waals surface area contributed by atoms with E-state index in [0.717, 1.165) is 0 Å². The third-order valence-corrected chi connectivity index (χ3v) is 8.58. The van der Waals surface area contributed by atoms with Crippen LogP contribution in [0.25, 0.3) is 17.4 Å². The molecule has 1 aliphatic heterocycles. The first-order valence-electron chi connectivity index (χ1n) is 13.8. The number of para-hydroxylation sites is 1. The van der Waals surface area contributed by atoms with E-state index >= 15 is 0 Å². The van der Waals surface area contributed by atoms with Gasteiger partial charge in [0.05, 0.1) is 46.7 Å². The van der Waals surface area contributed by atoms with Gasteiger partial charge in [-0.05, 0) is 67.1 Å². The topological polar surface area (TPSA) is 112 Å². The maximum absolute atomic E-state index is 14.0. The van der Waals surface area contributed by atoms with Gasteiger partial charge in [0.1, 0.15) is 17.3 Å². The number of fused-ring (bicyclic) bond motifs is 1. The zero-order valence-electron chi connectivity index (χ0n) is 24.4. The predicted octanol–water partition coefficient (Wildman–Crippen LogP) is 5.58. The molecule has 3 aromatic carbocycles. The number of anilines is 1. The fourth-order valence-electron chi connectivity index (χ4n) is 5.12. The molecule has 0 aliphatic carbocycles. The van der Waals surface area contributed by atoms with Gasteiger partial charge in [-0.2, -0.15) is 0 Å². The van der Waals surface area contributed by atoms with Gasteiger partial charge in [-0.15, -0.1) is 0 Å². The maximum atomic E-state index is 14.0. The second-order valence-corrected chi connectivity index (χ2v) is 11.5. The Bertz CT molecular complexity index is 2160. The molecule has 6 rings (SSSR count). The van der Waals surface area contributed by atoms with E-state index in [-0.39, 0.29) is 22.1 Å². The summed E-state index contributed by atoms with van der Waals surface area (Å²) in [6, 6.07) is 24.0. The lowest BCUT2D eigenvalue weighted by molar-refractivity contribution is -0.113. The summed E-state index contributed by atoms with van der Waals surface area (Å²) in [5.41, 5.74) is 2.65. The monoisotopic (exact) mass is 639 g/mol. The second-order valence-electron chi connectivity index (χ2n) is 10.1. The number of furan rings is 1. The summed E-state index contributed by atoms with van der Waals surface area (Å²) in [5, 5.41) is 3.20. The average molecular weight is 640 g/mol. The molecule has 1 N–H and O–H groups in total. The van der Waals surface area contributed by atoms with Crippen molar-refractivity contribution in [1.82, 2.24) is 4.57 Å². The van der Waals surface area contributed by atoms with Gasteiger partial charge >= 0.3 is 5.97 Å². The number of hydrogen-bond donors (Lipinski definition) is 1. The van der Waals surface area contributed by atoms with E-state index in [1.54, 1.807) is 68.6 Å². The molecule has 11 heteroatoms. The number of esters is 1. The van der Waals surface area contributed by atoms with Crippen molar-refractivity contribution < 1.29 is 23.5 Å². The lowest BCUT2D eigenvalue weighted by Crippen LogP contribution is -2.40. The molecule has 0 bridgehead atoms. The Hall–Kier alpha value is -5.19. The molecule has 1 aliphatic rings. The van der Waals surface area contributed by atoms with Gasteiger partial charge in [-0.25, -0.2) is 9.79 Å². The molecule has 45 heavy (non-hydrogen) atoms. The summed E-state index contributed by atoms with van der Waals surface area (Å²) in [4.78, 5) is 45.0. The molecule has 0 spiro atoms. The third-order valence-electron chi connectivity index (χ3n) is 7.26. The van der Waals surface area contributed by atoms with Crippen LogP contribution in [0.4, 0.5) is 5.69 Å². The fraction of sp³-hybridized carbons (Fsp3) is 0.118. The van der Waals surface area contributed by atoms with Crippen molar-refractivity contribution in [2.24, 2.45) is 4.99 Å². The first-order chi connectivity index (χ1) is 21.8. The zero-order valence-corrected chi connectivity index (χ0v) is 25.9. The quantitative estimate of drug-likeness (QED) is 0.233. The number of thiazole rings is 1. The molecule has 0 saturated heterocycles. The van der Waals surface area contributed by atoms with Gasteiger partial charge in [0.25, 0.3) is 11.5 Å². The molecule has 0 fully saturated rings. The first-order valence-corrected chi connectivity index (χ1v) is 15.0. The number of benzene rings is 3. The van der Waals surface area contributed by atoms with Crippen LogP contribution in [0.1, 0.15) is 34.6 Å². The summed E-state index contributed by atoms with van der Waals surface area (Å²) in [6.45, 7) is 1.76. The minimum absolute atomic E-state index is 0.211. The minimum Gasteiger partial charge on any atom is -0.497 e. The van der Waals surface area contributed by atoms with Crippen LogP contribution < -0.4 is 24.9 Å². The number of carbonyl (C=O) groups is 2.